The lowest BCUT2D eigenvalue weighted by Crippen LogP contribution is -2.49. The summed E-state index contributed by atoms with van der Waals surface area (Å²) in [6.45, 7) is 4.75. The van der Waals surface area contributed by atoms with Gasteiger partial charge in [-0.2, -0.15) is 4.31 Å². The number of rotatable bonds is 6. The van der Waals surface area contributed by atoms with Gasteiger partial charge < -0.3 is 19.1 Å². The fourth-order valence-electron chi connectivity index (χ4n) is 3.63. The molecule has 0 spiro atoms. The first-order chi connectivity index (χ1) is 14.5. The molecule has 0 unspecified atom stereocenters. The number of anilines is 1. The normalized spacial score (nSPS) is 18.5. The summed E-state index contributed by atoms with van der Waals surface area (Å²) in [7, 11) is -3.54. The van der Waals surface area contributed by atoms with Crippen molar-refractivity contribution in [1.29, 1.82) is 0 Å². The minimum atomic E-state index is -3.54. The monoisotopic (exact) mass is 434 g/mol. The molecule has 2 saturated heterocycles. The lowest BCUT2D eigenvalue weighted by Gasteiger charge is -2.35. The zero-order chi connectivity index (χ0) is 21.0. The maximum absolute atomic E-state index is 12.7. The molecule has 0 saturated carbocycles. The van der Waals surface area contributed by atoms with E-state index in [0.29, 0.717) is 65.4 Å². The smallest absolute Gasteiger partial charge is 0.244 e. The summed E-state index contributed by atoms with van der Waals surface area (Å²) in [6, 6.07) is 3.35. The zero-order valence-electron chi connectivity index (χ0n) is 16.8. The molecule has 1 amide bonds. The Morgan fingerprint density at radius 1 is 1.07 bits per heavy atom. The minimum Gasteiger partial charge on any atom is -0.379 e. The molecule has 11 heteroatoms. The van der Waals surface area contributed by atoms with E-state index in [1.165, 1.54) is 10.5 Å². The summed E-state index contributed by atoms with van der Waals surface area (Å²) < 4.78 is 34.0. The highest BCUT2D eigenvalue weighted by Crippen LogP contribution is 2.20. The van der Waals surface area contributed by atoms with Gasteiger partial charge in [-0.25, -0.2) is 18.4 Å². The molecule has 2 aliphatic heterocycles. The highest BCUT2D eigenvalue weighted by atomic mass is 32.2. The number of aryl methyl sites for hydroxylation is 1. The number of carbonyl (C=O) groups is 1. The minimum absolute atomic E-state index is 0.128. The van der Waals surface area contributed by atoms with Crippen LogP contribution in [0.5, 0.6) is 0 Å². The van der Waals surface area contributed by atoms with Crippen molar-refractivity contribution in [2.45, 2.75) is 17.9 Å². The van der Waals surface area contributed by atoms with Crippen LogP contribution in [-0.2, 0) is 26.1 Å². The summed E-state index contributed by atoms with van der Waals surface area (Å²) in [5, 5.41) is 0. The van der Waals surface area contributed by atoms with E-state index in [1.807, 2.05) is 15.7 Å². The third kappa shape index (κ3) is 4.63. The average molecular weight is 435 g/mol. The first-order valence-corrected chi connectivity index (χ1v) is 11.5. The highest BCUT2D eigenvalue weighted by molar-refractivity contribution is 7.89. The van der Waals surface area contributed by atoms with Crippen LogP contribution in [0.2, 0.25) is 0 Å². The first kappa shape index (κ1) is 20.8. The number of pyridine rings is 1. The number of piperazine rings is 1. The van der Waals surface area contributed by atoms with Crippen LogP contribution in [0.25, 0.3) is 0 Å². The van der Waals surface area contributed by atoms with Crippen LogP contribution in [0.1, 0.15) is 6.42 Å². The zero-order valence-corrected chi connectivity index (χ0v) is 17.6. The Bertz CT molecular complexity index is 934. The van der Waals surface area contributed by atoms with E-state index in [1.54, 1.807) is 24.7 Å². The number of hydrogen-bond donors (Lipinski definition) is 0. The third-order valence-corrected chi connectivity index (χ3v) is 7.31. The highest BCUT2D eigenvalue weighted by Gasteiger charge is 2.27. The molecule has 2 fully saturated rings. The van der Waals surface area contributed by atoms with Crippen LogP contribution in [0.15, 0.2) is 41.9 Å². The van der Waals surface area contributed by atoms with Crippen LogP contribution in [0, 0.1) is 0 Å². The summed E-state index contributed by atoms with van der Waals surface area (Å²) in [5.74, 6) is 0.852. The van der Waals surface area contributed by atoms with Crippen LogP contribution in [0.4, 0.5) is 5.82 Å². The van der Waals surface area contributed by atoms with E-state index in [-0.39, 0.29) is 10.8 Å². The molecule has 0 aromatic carbocycles. The van der Waals surface area contributed by atoms with Crippen molar-refractivity contribution in [3.63, 3.8) is 0 Å². The van der Waals surface area contributed by atoms with Gasteiger partial charge in [-0.3, -0.25) is 4.79 Å². The number of sulfonamides is 1. The number of amides is 1. The Kier molecular flexibility index (Phi) is 6.30. The predicted molar refractivity (Wildman–Crippen MR) is 109 cm³/mol. The Morgan fingerprint density at radius 2 is 1.83 bits per heavy atom. The SMILES string of the molecule is O=C(CCn1ccnc1)N1CCN(c2ccc(S(=O)(=O)N3CCOCC3)cn2)CC1. The topological polar surface area (TPSA) is 101 Å². The van der Waals surface area contributed by atoms with Gasteiger partial charge in [0.05, 0.1) is 19.5 Å². The van der Waals surface area contributed by atoms with Gasteiger partial charge in [-0.1, -0.05) is 0 Å². The molecule has 0 radical (unpaired) electrons. The Labute approximate surface area is 176 Å². The van der Waals surface area contributed by atoms with Gasteiger partial charge in [0.2, 0.25) is 15.9 Å². The Morgan fingerprint density at radius 3 is 2.47 bits per heavy atom. The number of ether oxygens (including phenoxy) is 1. The maximum atomic E-state index is 12.7. The van der Waals surface area contributed by atoms with Crippen molar-refractivity contribution in [2.75, 3.05) is 57.4 Å². The van der Waals surface area contributed by atoms with E-state index in [4.69, 9.17) is 4.74 Å². The predicted octanol–water partition coefficient (Wildman–Crippen LogP) is 0.0379. The fourth-order valence-corrected chi connectivity index (χ4v) is 4.99. The van der Waals surface area contributed by atoms with Gasteiger partial charge in [-0.15, -0.1) is 0 Å². The van der Waals surface area contributed by atoms with Crippen molar-refractivity contribution >= 4 is 21.7 Å². The standard InChI is InChI=1S/C19H26N6O4S/c26-19(3-5-22-6-4-20-16-22)24-9-7-23(8-10-24)18-2-1-17(15-21-18)30(27,28)25-11-13-29-14-12-25/h1-2,4,6,15-16H,3,5,7-14H2. The summed E-state index contributed by atoms with van der Waals surface area (Å²) in [4.78, 5) is 24.9. The molecule has 2 aromatic heterocycles. The van der Waals surface area contributed by atoms with Crippen LogP contribution in [0.3, 0.4) is 0 Å². The Hall–Kier alpha value is -2.50. The molecule has 4 rings (SSSR count). The van der Waals surface area contributed by atoms with Crippen LogP contribution in [-0.4, -0.2) is 90.5 Å². The van der Waals surface area contributed by atoms with Gasteiger partial charge in [0.25, 0.3) is 0 Å². The largest absolute Gasteiger partial charge is 0.379 e. The van der Waals surface area contributed by atoms with Crippen molar-refractivity contribution in [3.8, 4) is 0 Å². The molecule has 2 aliphatic rings. The first-order valence-electron chi connectivity index (χ1n) is 10.1. The molecule has 2 aromatic rings. The average Bonchev–Trinajstić information content (AvgIpc) is 3.32. The number of imidazole rings is 1. The van der Waals surface area contributed by atoms with Gasteiger partial charge >= 0.3 is 0 Å². The van der Waals surface area contributed by atoms with Gasteiger partial charge in [0.15, 0.2) is 0 Å². The molecule has 0 atom stereocenters. The Balaban J connectivity index is 1.31. The maximum Gasteiger partial charge on any atom is 0.244 e. The van der Waals surface area contributed by atoms with E-state index in [0.717, 1.165) is 5.82 Å². The molecular weight excluding hydrogens is 408 g/mol. The van der Waals surface area contributed by atoms with E-state index in [2.05, 4.69) is 14.9 Å². The lowest BCUT2D eigenvalue weighted by atomic mass is 10.2. The van der Waals surface area contributed by atoms with Crippen LogP contribution < -0.4 is 4.90 Å². The number of hydrogen-bond acceptors (Lipinski definition) is 7. The molecule has 0 aliphatic carbocycles. The summed E-state index contributed by atoms with van der Waals surface area (Å²) in [5.41, 5.74) is 0. The van der Waals surface area contributed by atoms with Gasteiger partial charge in [0.1, 0.15) is 10.7 Å². The number of aromatic nitrogens is 3. The van der Waals surface area contributed by atoms with Gasteiger partial charge in [-0.05, 0) is 12.1 Å². The lowest BCUT2D eigenvalue weighted by molar-refractivity contribution is -0.131. The van der Waals surface area contributed by atoms with E-state index < -0.39 is 10.0 Å². The van der Waals surface area contributed by atoms with Crippen molar-refractivity contribution < 1.29 is 17.9 Å². The third-order valence-electron chi connectivity index (χ3n) is 5.43. The van der Waals surface area contributed by atoms with Crippen molar-refractivity contribution in [2.24, 2.45) is 0 Å². The second kappa shape index (κ2) is 9.11. The van der Waals surface area contributed by atoms with Crippen molar-refractivity contribution in [3.05, 3.63) is 37.1 Å². The molecule has 4 heterocycles. The number of morpholine rings is 1. The second-order valence-corrected chi connectivity index (χ2v) is 9.22. The van der Waals surface area contributed by atoms with Gasteiger partial charge in [0, 0.05) is 70.8 Å². The van der Waals surface area contributed by atoms with E-state index >= 15 is 0 Å². The molecular formula is C19H26N6O4S. The quantitative estimate of drug-likeness (QED) is 0.633. The molecule has 10 nitrogen and oxygen atoms in total. The molecule has 0 bridgehead atoms. The molecule has 30 heavy (non-hydrogen) atoms. The number of carbonyl (C=O) groups excluding carboxylic acids is 1. The summed E-state index contributed by atoms with van der Waals surface area (Å²) >= 11 is 0. The van der Waals surface area contributed by atoms with Crippen LogP contribution >= 0.6 is 0 Å². The second-order valence-electron chi connectivity index (χ2n) is 7.29. The van der Waals surface area contributed by atoms with Crippen molar-refractivity contribution in [1.82, 2.24) is 23.7 Å². The van der Waals surface area contributed by atoms with E-state index in [9.17, 15) is 13.2 Å². The molecule has 162 valence electrons. The number of nitrogens with zero attached hydrogens (tertiary/aromatic N) is 6. The fraction of sp³-hybridized carbons (Fsp3) is 0.526. The molecule has 0 N–H and O–H groups in total. The summed E-state index contributed by atoms with van der Waals surface area (Å²) in [6.07, 6.45) is 7.12.